The standard InChI is InChI=1S/C16H14ClN3O/c1-10-9-13-14(18-10)3-2-4-15(13)20-16(21)19-12-7-5-11(17)6-8-12/h2-9,18H,1H3,(H2,19,20,21). The SMILES string of the molecule is Cc1cc2c(NC(=O)Nc3ccc(Cl)cc3)cccc2[nH]1. The van der Waals surface area contributed by atoms with Crippen LogP contribution in [0.4, 0.5) is 16.2 Å². The Kier molecular flexibility index (Phi) is 3.54. The molecular formula is C16H14ClN3O. The number of nitrogens with one attached hydrogen (secondary N) is 3. The van der Waals surface area contributed by atoms with Gasteiger partial charge in [0.2, 0.25) is 0 Å². The van der Waals surface area contributed by atoms with Crippen LogP contribution >= 0.6 is 11.6 Å². The molecular weight excluding hydrogens is 286 g/mol. The minimum absolute atomic E-state index is 0.288. The van der Waals surface area contributed by atoms with E-state index in [4.69, 9.17) is 11.6 Å². The van der Waals surface area contributed by atoms with E-state index in [1.807, 2.05) is 31.2 Å². The molecule has 0 spiro atoms. The Balaban J connectivity index is 1.78. The molecule has 21 heavy (non-hydrogen) atoms. The van der Waals surface area contributed by atoms with Crippen LogP contribution in [-0.4, -0.2) is 11.0 Å². The average Bonchev–Trinajstić information content (AvgIpc) is 2.83. The van der Waals surface area contributed by atoms with Crippen molar-refractivity contribution in [1.29, 1.82) is 0 Å². The molecule has 0 fully saturated rings. The zero-order valence-corrected chi connectivity index (χ0v) is 12.2. The van der Waals surface area contributed by atoms with E-state index in [1.165, 1.54) is 0 Å². The van der Waals surface area contributed by atoms with E-state index in [2.05, 4.69) is 15.6 Å². The summed E-state index contributed by atoms with van der Waals surface area (Å²) < 4.78 is 0. The third-order valence-electron chi connectivity index (χ3n) is 3.15. The monoisotopic (exact) mass is 299 g/mol. The van der Waals surface area contributed by atoms with Crippen LogP contribution in [0.15, 0.2) is 48.5 Å². The summed E-state index contributed by atoms with van der Waals surface area (Å²) >= 11 is 5.81. The van der Waals surface area contributed by atoms with Gasteiger partial charge in [-0.2, -0.15) is 0 Å². The highest BCUT2D eigenvalue weighted by Gasteiger charge is 2.07. The van der Waals surface area contributed by atoms with Crippen molar-refractivity contribution in [3.05, 3.63) is 59.2 Å². The molecule has 3 aromatic rings. The summed E-state index contributed by atoms with van der Waals surface area (Å²) in [4.78, 5) is 15.3. The van der Waals surface area contributed by atoms with Crippen molar-refractivity contribution in [3.63, 3.8) is 0 Å². The minimum Gasteiger partial charge on any atom is -0.359 e. The second-order valence-corrected chi connectivity index (χ2v) is 5.24. The zero-order valence-electron chi connectivity index (χ0n) is 11.4. The third-order valence-corrected chi connectivity index (χ3v) is 3.40. The molecule has 2 amide bonds. The smallest absolute Gasteiger partial charge is 0.323 e. The Labute approximate surface area is 127 Å². The lowest BCUT2D eigenvalue weighted by Crippen LogP contribution is -2.19. The molecule has 1 heterocycles. The lowest BCUT2D eigenvalue weighted by atomic mass is 10.2. The Bertz CT molecular complexity index is 793. The van der Waals surface area contributed by atoms with Crippen molar-refractivity contribution >= 4 is 39.9 Å². The number of benzene rings is 2. The molecule has 2 aromatic carbocycles. The first kappa shape index (κ1) is 13.5. The van der Waals surface area contributed by atoms with Crippen LogP contribution in [-0.2, 0) is 0 Å². The number of amides is 2. The van der Waals surface area contributed by atoms with E-state index < -0.39 is 0 Å². The summed E-state index contributed by atoms with van der Waals surface area (Å²) in [7, 11) is 0. The minimum atomic E-state index is -0.288. The molecule has 0 aliphatic heterocycles. The fraction of sp³-hybridized carbons (Fsp3) is 0.0625. The Hall–Kier alpha value is -2.46. The number of halogens is 1. The van der Waals surface area contributed by atoms with Crippen LogP contribution < -0.4 is 10.6 Å². The van der Waals surface area contributed by atoms with Gasteiger partial charge in [0.1, 0.15) is 0 Å². The quantitative estimate of drug-likeness (QED) is 0.627. The molecule has 0 radical (unpaired) electrons. The highest BCUT2D eigenvalue weighted by atomic mass is 35.5. The number of anilines is 2. The van der Waals surface area contributed by atoms with Crippen molar-refractivity contribution in [2.45, 2.75) is 6.92 Å². The van der Waals surface area contributed by atoms with E-state index in [-0.39, 0.29) is 6.03 Å². The van der Waals surface area contributed by atoms with Gasteiger partial charge >= 0.3 is 6.03 Å². The van der Waals surface area contributed by atoms with Crippen LogP contribution in [0.3, 0.4) is 0 Å². The first-order valence-corrected chi connectivity index (χ1v) is 6.91. The van der Waals surface area contributed by atoms with Crippen molar-refractivity contribution in [2.24, 2.45) is 0 Å². The molecule has 1 aromatic heterocycles. The zero-order chi connectivity index (χ0) is 14.8. The van der Waals surface area contributed by atoms with Gasteiger partial charge in [-0.3, -0.25) is 0 Å². The number of carbonyl (C=O) groups is 1. The molecule has 5 heteroatoms. The Morgan fingerprint density at radius 1 is 1.10 bits per heavy atom. The summed E-state index contributed by atoms with van der Waals surface area (Å²) in [5.74, 6) is 0. The van der Waals surface area contributed by atoms with E-state index in [0.717, 1.165) is 22.3 Å². The first-order valence-electron chi connectivity index (χ1n) is 6.54. The lowest BCUT2D eigenvalue weighted by Gasteiger charge is -2.08. The second kappa shape index (κ2) is 5.50. The van der Waals surface area contributed by atoms with Crippen molar-refractivity contribution in [2.75, 3.05) is 10.6 Å². The molecule has 3 rings (SSSR count). The molecule has 0 aliphatic carbocycles. The largest absolute Gasteiger partial charge is 0.359 e. The summed E-state index contributed by atoms with van der Waals surface area (Å²) in [5.41, 5.74) is 3.51. The van der Waals surface area contributed by atoms with Crippen molar-refractivity contribution < 1.29 is 4.79 Å². The third kappa shape index (κ3) is 3.01. The molecule has 0 bridgehead atoms. The van der Waals surface area contributed by atoms with Gasteiger partial charge in [-0.25, -0.2) is 4.79 Å². The summed E-state index contributed by atoms with van der Waals surface area (Å²) in [6.45, 7) is 1.98. The fourth-order valence-electron chi connectivity index (χ4n) is 2.22. The van der Waals surface area contributed by atoms with Gasteiger partial charge in [0.15, 0.2) is 0 Å². The molecule has 0 atom stereocenters. The normalized spacial score (nSPS) is 10.6. The molecule has 0 saturated carbocycles. The van der Waals surface area contributed by atoms with E-state index in [1.54, 1.807) is 24.3 Å². The summed E-state index contributed by atoms with van der Waals surface area (Å²) in [6, 6.07) is 14.4. The van der Waals surface area contributed by atoms with E-state index in [0.29, 0.717) is 10.7 Å². The van der Waals surface area contributed by atoms with Gasteiger partial charge in [0.25, 0.3) is 0 Å². The maximum atomic E-state index is 12.1. The van der Waals surface area contributed by atoms with Crippen molar-refractivity contribution in [3.8, 4) is 0 Å². The number of hydrogen-bond acceptors (Lipinski definition) is 1. The number of rotatable bonds is 2. The number of fused-ring (bicyclic) bond motifs is 1. The van der Waals surface area contributed by atoms with Crippen LogP contribution in [0, 0.1) is 6.92 Å². The highest BCUT2D eigenvalue weighted by molar-refractivity contribution is 6.30. The number of H-pyrrole nitrogens is 1. The first-order chi connectivity index (χ1) is 10.1. The van der Waals surface area contributed by atoms with Crippen LogP contribution in [0.1, 0.15) is 5.69 Å². The van der Waals surface area contributed by atoms with Gasteiger partial charge < -0.3 is 15.6 Å². The molecule has 0 saturated heterocycles. The van der Waals surface area contributed by atoms with Gasteiger partial charge in [0.05, 0.1) is 5.69 Å². The van der Waals surface area contributed by atoms with Gasteiger partial charge in [-0.05, 0) is 49.4 Å². The van der Waals surface area contributed by atoms with Gasteiger partial charge in [-0.15, -0.1) is 0 Å². The maximum Gasteiger partial charge on any atom is 0.323 e. The molecule has 106 valence electrons. The van der Waals surface area contributed by atoms with Crippen LogP contribution in [0.2, 0.25) is 5.02 Å². The second-order valence-electron chi connectivity index (χ2n) is 4.81. The summed E-state index contributed by atoms with van der Waals surface area (Å²) in [6.07, 6.45) is 0. The average molecular weight is 300 g/mol. The van der Waals surface area contributed by atoms with Gasteiger partial charge in [0, 0.05) is 27.3 Å². The van der Waals surface area contributed by atoms with E-state index in [9.17, 15) is 4.79 Å². The predicted molar refractivity (Wildman–Crippen MR) is 87.1 cm³/mol. The number of urea groups is 1. The number of hydrogen-bond donors (Lipinski definition) is 3. The van der Waals surface area contributed by atoms with Crippen molar-refractivity contribution in [1.82, 2.24) is 4.98 Å². The molecule has 3 N–H and O–H groups in total. The maximum absolute atomic E-state index is 12.1. The van der Waals surface area contributed by atoms with E-state index >= 15 is 0 Å². The molecule has 0 unspecified atom stereocenters. The number of aromatic nitrogens is 1. The Morgan fingerprint density at radius 2 is 1.86 bits per heavy atom. The highest BCUT2D eigenvalue weighted by Crippen LogP contribution is 2.24. The topological polar surface area (TPSA) is 56.9 Å². The molecule has 4 nitrogen and oxygen atoms in total. The lowest BCUT2D eigenvalue weighted by molar-refractivity contribution is 0.262. The Morgan fingerprint density at radius 3 is 2.62 bits per heavy atom. The van der Waals surface area contributed by atoms with Crippen LogP contribution in [0.5, 0.6) is 0 Å². The predicted octanol–water partition coefficient (Wildman–Crippen LogP) is 4.77. The summed E-state index contributed by atoms with van der Waals surface area (Å²) in [5, 5.41) is 7.25. The number of aromatic amines is 1. The number of aryl methyl sites for hydroxylation is 1. The number of carbonyl (C=O) groups excluding carboxylic acids is 1. The fourth-order valence-corrected chi connectivity index (χ4v) is 2.35. The van der Waals surface area contributed by atoms with Crippen LogP contribution in [0.25, 0.3) is 10.9 Å². The molecule has 0 aliphatic rings. The van der Waals surface area contributed by atoms with Gasteiger partial charge in [-0.1, -0.05) is 17.7 Å².